The second-order valence-electron chi connectivity index (χ2n) is 6.12. The molecule has 1 fully saturated rings. The molecule has 3 nitrogen and oxygen atoms in total. The Morgan fingerprint density at radius 1 is 0.875 bits per heavy atom. The zero-order chi connectivity index (χ0) is 15.9. The normalized spacial score (nSPS) is 15.0. The van der Waals surface area contributed by atoms with E-state index in [0.29, 0.717) is 0 Å². The molecule has 1 aliphatic rings. The van der Waals surface area contributed by atoms with E-state index in [0.717, 1.165) is 38.3 Å². The third-order valence-electron chi connectivity index (χ3n) is 4.59. The summed E-state index contributed by atoms with van der Waals surface area (Å²) < 4.78 is 5.20. The molecule has 0 saturated carbocycles. The van der Waals surface area contributed by atoms with E-state index in [1.54, 1.807) is 7.11 Å². The van der Waals surface area contributed by atoms with E-state index in [4.69, 9.17) is 4.74 Å². The standard InChI is InChI=1S/C20H26N2O.ClH/c1-23-20-11-9-18(10-12-20)6-5-13-21-14-16-22(17-15-21)19-7-3-2-4-8-19;/h2-4,7-12H,5-6,13-17H2,1H3;1H. The second-order valence-corrected chi connectivity index (χ2v) is 6.12. The van der Waals surface area contributed by atoms with Crippen molar-refractivity contribution >= 4 is 18.1 Å². The molecule has 1 heterocycles. The van der Waals surface area contributed by atoms with E-state index in [-0.39, 0.29) is 12.4 Å². The third-order valence-corrected chi connectivity index (χ3v) is 4.59. The van der Waals surface area contributed by atoms with Crippen LogP contribution in [0.4, 0.5) is 5.69 Å². The summed E-state index contributed by atoms with van der Waals surface area (Å²) in [6, 6.07) is 19.2. The first kappa shape index (κ1) is 18.6. The first-order chi connectivity index (χ1) is 11.3. The molecule has 0 radical (unpaired) electrons. The number of para-hydroxylation sites is 1. The summed E-state index contributed by atoms with van der Waals surface area (Å²) in [6.07, 6.45) is 2.36. The van der Waals surface area contributed by atoms with Crippen LogP contribution in [0.5, 0.6) is 5.75 Å². The summed E-state index contributed by atoms with van der Waals surface area (Å²) in [5, 5.41) is 0. The lowest BCUT2D eigenvalue weighted by Crippen LogP contribution is -2.46. The van der Waals surface area contributed by atoms with E-state index in [1.165, 1.54) is 24.2 Å². The molecule has 2 aromatic carbocycles. The van der Waals surface area contributed by atoms with Crippen LogP contribution in [0.3, 0.4) is 0 Å². The quantitative estimate of drug-likeness (QED) is 0.789. The van der Waals surface area contributed by atoms with Gasteiger partial charge in [-0.15, -0.1) is 12.4 Å². The van der Waals surface area contributed by atoms with Gasteiger partial charge in [0.05, 0.1) is 7.11 Å². The largest absolute Gasteiger partial charge is 0.497 e. The molecule has 0 atom stereocenters. The van der Waals surface area contributed by atoms with Crippen LogP contribution in [0, 0.1) is 0 Å². The van der Waals surface area contributed by atoms with Crippen LogP contribution in [-0.4, -0.2) is 44.7 Å². The highest BCUT2D eigenvalue weighted by Gasteiger charge is 2.16. The summed E-state index contributed by atoms with van der Waals surface area (Å²) in [4.78, 5) is 5.07. The van der Waals surface area contributed by atoms with Crippen molar-refractivity contribution in [3.05, 3.63) is 60.2 Å². The zero-order valence-electron chi connectivity index (χ0n) is 14.4. The molecule has 1 saturated heterocycles. The minimum absolute atomic E-state index is 0. The summed E-state index contributed by atoms with van der Waals surface area (Å²) in [7, 11) is 1.71. The van der Waals surface area contributed by atoms with Gasteiger partial charge in [0.2, 0.25) is 0 Å². The van der Waals surface area contributed by atoms with E-state index in [2.05, 4.69) is 52.3 Å². The molecule has 0 aromatic heterocycles. The first-order valence-electron chi connectivity index (χ1n) is 8.50. The van der Waals surface area contributed by atoms with Crippen molar-refractivity contribution in [3.8, 4) is 5.75 Å². The van der Waals surface area contributed by atoms with Crippen LogP contribution in [0.15, 0.2) is 54.6 Å². The lowest BCUT2D eigenvalue weighted by atomic mass is 10.1. The molecule has 24 heavy (non-hydrogen) atoms. The summed E-state index contributed by atoms with van der Waals surface area (Å²) >= 11 is 0. The molecule has 1 aliphatic heterocycles. The Balaban J connectivity index is 0.00000208. The van der Waals surface area contributed by atoms with Crippen molar-refractivity contribution in [1.29, 1.82) is 0 Å². The van der Waals surface area contributed by atoms with Crippen LogP contribution in [0.25, 0.3) is 0 Å². The van der Waals surface area contributed by atoms with Crippen LogP contribution in [-0.2, 0) is 6.42 Å². The number of nitrogens with zero attached hydrogens (tertiary/aromatic N) is 2. The number of ether oxygens (including phenoxy) is 1. The van der Waals surface area contributed by atoms with Crippen molar-refractivity contribution in [3.63, 3.8) is 0 Å². The van der Waals surface area contributed by atoms with E-state index < -0.39 is 0 Å². The average Bonchev–Trinajstić information content (AvgIpc) is 2.64. The van der Waals surface area contributed by atoms with Crippen LogP contribution in [0.1, 0.15) is 12.0 Å². The molecule has 3 rings (SSSR count). The molecule has 130 valence electrons. The van der Waals surface area contributed by atoms with Gasteiger partial charge in [0.1, 0.15) is 5.75 Å². The van der Waals surface area contributed by atoms with Gasteiger partial charge in [-0.3, -0.25) is 4.90 Å². The molecule has 4 heteroatoms. The van der Waals surface area contributed by atoms with Crippen molar-refractivity contribution in [2.24, 2.45) is 0 Å². The smallest absolute Gasteiger partial charge is 0.118 e. The summed E-state index contributed by atoms with van der Waals surface area (Å²) in [5.41, 5.74) is 2.75. The summed E-state index contributed by atoms with van der Waals surface area (Å²) in [5.74, 6) is 0.936. The minimum atomic E-state index is 0. The van der Waals surface area contributed by atoms with Gasteiger partial charge in [-0.05, 0) is 49.2 Å². The Morgan fingerprint density at radius 3 is 2.17 bits per heavy atom. The number of piperazine rings is 1. The number of hydrogen-bond donors (Lipinski definition) is 0. The van der Waals surface area contributed by atoms with Gasteiger partial charge >= 0.3 is 0 Å². The molecule has 0 bridgehead atoms. The fourth-order valence-corrected chi connectivity index (χ4v) is 3.17. The Bertz CT molecular complexity index is 580. The Morgan fingerprint density at radius 2 is 1.54 bits per heavy atom. The molecule has 0 spiro atoms. The lowest BCUT2D eigenvalue weighted by Gasteiger charge is -2.36. The molecule has 0 amide bonds. The van der Waals surface area contributed by atoms with Gasteiger partial charge in [-0.1, -0.05) is 30.3 Å². The number of halogens is 1. The number of benzene rings is 2. The van der Waals surface area contributed by atoms with Crippen molar-refractivity contribution in [2.45, 2.75) is 12.8 Å². The molecule has 2 aromatic rings. The molecule has 0 N–H and O–H groups in total. The fourth-order valence-electron chi connectivity index (χ4n) is 3.17. The first-order valence-corrected chi connectivity index (χ1v) is 8.50. The van der Waals surface area contributed by atoms with E-state index in [1.807, 2.05) is 12.1 Å². The van der Waals surface area contributed by atoms with Crippen molar-refractivity contribution < 1.29 is 4.74 Å². The van der Waals surface area contributed by atoms with Gasteiger partial charge in [-0.25, -0.2) is 0 Å². The van der Waals surface area contributed by atoms with Gasteiger partial charge < -0.3 is 9.64 Å². The topological polar surface area (TPSA) is 15.7 Å². The van der Waals surface area contributed by atoms with Crippen molar-refractivity contribution in [2.75, 3.05) is 44.7 Å². The zero-order valence-corrected chi connectivity index (χ0v) is 15.2. The van der Waals surface area contributed by atoms with Gasteiger partial charge in [-0.2, -0.15) is 0 Å². The number of methoxy groups -OCH3 is 1. The van der Waals surface area contributed by atoms with E-state index in [9.17, 15) is 0 Å². The average molecular weight is 347 g/mol. The van der Waals surface area contributed by atoms with Crippen LogP contribution >= 0.6 is 12.4 Å². The maximum Gasteiger partial charge on any atom is 0.118 e. The summed E-state index contributed by atoms with van der Waals surface area (Å²) in [6.45, 7) is 5.78. The SMILES string of the molecule is COc1ccc(CCCN2CCN(c3ccccc3)CC2)cc1.Cl. The Kier molecular flexibility index (Phi) is 7.41. The van der Waals surface area contributed by atoms with Crippen molar-refractivity contribution in [1.82, 2.24) is 4.90 Å². The number of aryl methyl sites for hydroxylation is 1. The lowest BCUT2D eigenvalue weighted by molar-refractivity contribution is 0.255. The number of anilines is 1. The van der Waals surface area contributed by atoms with Gasteiger partial charge in [0.15, 0.2) is 0 Å². The number of rotatable bonds is 6. The van der Waals surface area contributed by atoms with E-state index >= 15 is 0 Å². The minimum Gasteiger partial charge on any atom is -0.497 e. The molecule has 0 unspecified atom stereocenters. The monoisotopic (exact) mass is 346 g/mol. The maximum absolute atomic E-state index is 5.20. The highest BCUT2D eigenvalue weighted by atomic mass is 35.5. The predicted molar refractivity (Wildman–Crippen MR) is 104 cm³/mol. The van der Waals surface area contributed by atoms with Crippen LogP contribution < -0.4 is 9.64 Å². The van der Waals surface area contributed by atoms with Gasteiger partial charge in [0.25, 0.3) is 0 Å². The fraction of sp³-hybridized carbons (Fsp3) is 0.400. The Labute approximate surface area is 151 Å². The Hall–Kier alpha value is -1.71. The molecular weight excluding hydrogens is 320 g/mol. The second kappa shape index (κ2) is 9.55. The van der Waals surface area contributed by atoms with Crippen LogP contribution in [0.2, 0.25) is 0 Å². The molecule has 0 aliphatic carbocycles. The number of hydrogen-bond acceptors (Lipinski definition) is 3. The highest BCUT2D eigenvalue weighted by molar-refractivity contribution is 5.85. The van der Waals surface area contributed by atoms with Gasteiger partial charge in [0, 0.05) is 31.9 Å². The maximum atomic E-state index is 5.20. The highest BCUT2D eigenvalue weighted by Crippen LogP contribution is 2.16. The molecular formula is C20H27ClN2O. The predicted octanol–water partition coefficient (Wildman–Crippen LogP) is 3.87. The third kappa shape index (κ3) is 5.15.